The zero-order chi connectivity index (χ0) is 14.5. The smallest absolute Gasteiger partial charge is 0.297 e. The second-order valence-corrected chi connectivity index (χ2v) is 6.60. The molecule has 4 nitrogen and oxygen atoms in total. The lowest BCUT2D eigenvalue weighted by Gasteiger charge is -2.11. The molecule has 6 heteroatoms. The molecule has 0 saturated heterocycles. The van der Waals surface area contributed by atoms with Gasteiger partial charge in [0.05, 0.1) is 17.6 Å². The first kappa shape index (κ1) is 16.6. The first-order valence-electron chi connectivity index (χ1n) is 5.75. The third kappa shape index (κ3) is 5.60. The summed E-state index contributed by atoms with van der Waals surface area (Å²) in [5.41, 5.74) is 1.95. The van der Waals surface area contributed by atoms with E-state index in [1.54, 1.807) is 12.1 Å². The molecule has 106 valence electrons. The van der Waals surface area contributed by atoms with Gasteiger partial charge in [0.25, 0.3) is 10.1 Å². The summed E-state index contributed by atoms with van der Waals surface area (Å²) in [5, 5.41) is 9.67. The SMILES string of the molecule is C/C(=C/I)C[C@H](O)COS(=O)(=O)c1ccc(C)cc1. The van der Waals surface area contributed by atoms with E-state index in [4.69, 9.17) is 4.18 Å². The van der Waals surface area contributed by atoms with Gasteiger partial charge in [0.1, 0.15) is 0 Å². The number of benzene rings is 1. The predicted molar refractivity (Wildman–Crippen MR) is 82.7 cm³/mol. The van der Waals surface area contributed by atoms with Gasteiger partial charge in [-0.25, -0.2) is 0 Å². The number of hydrogen-bond acceptors (Lipinski definition) is 4. The third-order valence-corrected chi connectivity index (χ3v) is 4.83. The lowest BCUT2D eigenvalue weighted by molar-refractivity contribution is 0.111. The summed E-state index contributed by atoms with van der Waals surface area (Å²) in [5.74, 6) is 0. The molecule has 0 unspecified atom stereocenters. The van der Waals surface area contributed by atoms with Crippen LogP contribution in [0.15, 0.2) is 38.8 Å². The summed E-state index contributed by atoms with van der Waals surface area (Å²) in [4.78, 5) is 0.103. The van der Waals surface area contributed by atoms with Crippen LogP contribution in [0.5, 0.6) is 0 Å². The molecule has 0 aliphatic heterocycles. The van der Waals surface area contributed by atoms with E-state index in [1.807, 2.05) is 17.9 Å². The van der Waals surface area contributed by atoms with Crippen molar-refractivity contribution in [1.29, 1.82) is 0 Å². The minimum absolute atomic E-state index is 0.103. The molecule has 1 rings (SSSR count). The highest BCUT2D eigenvalue weighted by molar-refractivity contribution is 14.1. The average molecular weight is 396 g/mol. The number of aliphatic hydroxyl groups excluding tert-OH is 1. The molecule has 0 aliphatic carbocycles. The molecule has 0 aliphatic rings. The van der Waals surface area contributed by atoms with Crippen molar-refractivity contribution in [2.75, 3.05) is 6.61 Å². The number of halogens is 1. The van der Waals surface area contributed by atoms with Gasteiger partial charge in [-0.05, 0) is 36.5 Å². The minimum atomic E-state index is -3.80. The fourth-order valence-corrected chi connectivity index (χ4v) is 2.61. The fraction of sp³-hybridized carbons (Fsp3) is 0.385. The van der Waals surface area contributed by atoms with Crippen molar-refractivity contribution in [3.05, 3.63) is 39.5 Å². The van der Waals surface area contributed by atoms with Crippen LogP contribution in [0.3, 0.4) is 0 Å². The second-order valence-electron chi connectivity index (χ2n) is 4.37. The maximum Gasteiger partial charge on any atom is 0.297 e. The van der Waals surface area contributed by atoms with Crippen molar-refractivity contribution in [3.8, 4) is 0 Å². The molecular weight excluding hydrogens is 379 g/mol. The van der Waals surface area contributed by atoms with Crippen LogP contribution in [-0.4, -0.2) is 26.2 Å². The molecular formula is C13H17IO4S. The Morgan fingerprint density at radius 3 is 2.53 bits per heavy atom. The lowest BCUT2D eigenvalue weighted by Crippen LogP contribution is -2.19. The van der Waals surface area contributed by atoms with Crippen molar-refractivity contribution in [3.63, 3.8) is 0 Å². The summed E-state index contributed by atoms with van der Waals surface area (Å²) in [6.07, 6.45) is -0.432. The van der Waals surface area contributed by atoms with Crippen LogP contribution in [0.1, 0.15) is 18.9 Å². The fourth-order valence-electron chi connectivity index (χ4n) is 1.42. The summed E-state index contributed by atoms with van der Waals surface area (Å²) in [6.45, 7) is 3.50. The molecule has 0 radical (unpaired) electrons. The lowest BCUT2D eigenvalue weighted by atomic mass is 10.2. The first-order valence-corrected chi connectivity index (χ1v) is 8.40. The standard InChI is InChI=1S/C13H17IO4S/c1-10-3-5-13(6-4-10)19(16,17)18-9-12(15)7-11(2)8-14/h3-6,8,12,15H,7,9H2,1-2H3/b11-8-/t12-/m0/s1. The van der Waals surface area contributed by atoms with Crippen LogP contribution in [0.4, 0.5) is 0 Å². The van der Waals surface area contributed by atoms with Crippen molar-refractivity contribution < 1.29 is 17.7 Å². The van der Waals surface area contributed by atoms with E-state index in [0.717, 1.165) is 11.1 Å². The number of aliphatic hydroxyl groups is 1. The predicted octanol–water partition coefficient (Wildman–Crippen LogP) is 2.79. The molecule has 0 heterocycles. The van der Waals surface area contributed by atoms with Crippen LogP contribution in [0, 0.1) is 6.92 Å². The van der Waals surface area contributed by atoms with E-state index in [1.165, 1.54) is 12.1 Å². The minimum Gasteiger partial charge on any atom is -0.390 e. The molecule has 1 aromatic rings. The monoisotopic (exact) mass is 396 g/mol. The van der Waals surface area contributed by atoms with E-state index in [-0.39, 0.29) is 11.5 Å². The Morgan fingerprint density at radius 2 is 2.00 bits per heavy atom. The van der Waals surface area contributed by atoms with Crippen LogP contribution in [-0.2, 0) is 14.3 Å². The highest BCUT2D eigenvalue weighted by Gasteiger charge is 2.17. The molecule has 0 bridgehead atoms. The van der Waals surface area contributed by atoms with Gasteiger partial charge in [0, 0.05) is 0 Å². The Morgan fingerprint density at radius 1 is 1.42 bits per heavy atom. The van der Waals surface area contributed by atoms with E-state index < -0.39 is 16.2 Å². The van der Waals surface area contributed by atoms with E-state index >= 15 is 0 Å². The highest BCUT2D eigenvalue weighted by atomic mass is 127. The Balaban J connectivity index is 2.63. The highest BCUT2D eigenvalue weighted by Crippen LogP contribution is 2.15. The summed E-state index contributed by atoms with van der Waals surface area (Å²) < 4.78 is 30.4. The molecule has 0 fully saturated rings. The zero-order valence-corrected chi connectivity index (χ0v) is 13.8. The van der Waals surface area contributed by atoms with Gasteiger partial charge in [-0.3, -0.25) is 4.18 Å². The maximum absolute atomic E-state index is 11.9. The van der Waals surface area contributed by atoms with Crippen molar-refractivity contribution in [2.24, 2.45) is 0 Å². The van der Waals surface area contributed by atoms with Crippen LogP contribution < -0.4 is 0 Å². The van der Waals surface area contributed by atoms with E-state index in [2.05, 4.69) is 22.6 Å². The van der Waals surface area contributed by atoms with E-state index in [9.17, 15) is 13.5 Å². The Kier molecular flexibility index (Phi) is 6.45. The number of hydrogen-bond donors (Lipinski definition) is 1. The molecule has 0 amide bonds. The molecule has 0 aromatic heterocycles. The van der Waals surface area contributed by atoms with Gasteiger partial charge in [-0.15, -0.1) is 0 Å². The van der Waals surface area contributed by atoms with Gasteiger partial charge in [-0.2, -0.15) is 8.42 Å². The molecule has 0 saturated carbocycles. The quantitative estimate of drug-likeness (QED) is 0.594. The van der Waals surface area contributed by atoms with Gasteiger partial charge < -0.3 is 5.11 Å². The normalized spacial score (nSPS) is 14.4. The maximum atomic E-state index is 11.9. The summed E-state index contributed by atoms with van der Waals surface area (Å²) in [7, 11) is -3.80. The van der Waals surface area contributed by atoms with Crippen molar-refractivity contribution >= 4 is 32.7 Å². The average Bonchev–Trinajstić information content (AvgIpc) is 2.37. The Labute approximate surface area is 127 Å². The van der Waals surface area contributed by atoms with Crippen LogP contribution in [0.2, 0.25) is 0 Å². The van der Waals surface area contributed by atoms with Gasteiger partial charge in [0.2, 0.25) is 0 Å². The number of aryl methyl sites for hydroxylation is 1. The first-order chi connectivity index (χ1) is 8.85. The van der Waals surface area contributed by atoms with Crippen LogP contribution >= 0.6 is 22.6 Å². The topological polar surface area (TPSA) is 63.6 Å². The number of rotatable bonds is 6. The Bertz CT molecular complexity index is 534. The molecule has 19 heavy (non-hydrogen) atoms. The molecule has 1 N–H and O–H groups in total. The zero-order valence-electron chi connectivity index (χ0n) is 10.8. The third-order valence-electron chi connectivity index (χ3n) is 2.47. The van der Waals surface area contributed by atoms with Gasteiger partial charge >= 0.3 is 0 Å². The van der Waals surface area contributed by atoms with Gasteiger partial charge in [-0.1, -0.05) is 45.9 Å². The largest absolute Gasteiger partial charge is 0.390 e. The summed E-state index contributed by atoms with van der Waals surface area (Å²) >= 11 is 2.07. The van der Waals surface area contributed by atoms with E-state index in [0.29, 0.717) is 6.42 Å². The van der Waals surface area contributed by atoms with Gasteiger partial charge in [0.15, 0.2) is 0 Å². The van der Waals surface area contributed by atoms with Crippen LogP contribution in [0.25, 0.3) is 0 Å². The summed E-state index contributed by atoms with van der Waals surface area (Å²) in [6, 6.07) is 6.39. The molecule has 1 aromatic carbocycles. The molecule has 0 spiro atoms. The van der Waals surface area contributed by atoms with Crippen molar-refractivity contribution in [1.82, 2.24) is 0 Å². The van der Waals surface area contributed by atoms with Crippen molar-refractivity contribution in [2.45, 2.75) is 31.3 Å². The Hall–Kier alpha value is -0.440. The molecule has 1 atom stereocenters. The second kappa shape index (κ2) is 7.37.